The zero-order valence-electron chi connectivity index (χ0n) is 9.33. The minimum absolute atomic E-state index is 0.0187. The van der Waals surface area contributed by atoms with Crippen molar-refractivity contribution in [1.29, 1.82) is 0 Å². The molecule has 1 aromatic rings. The normalized spacial score (nSPS) is 26.9. The fraction of sp³-hybridized carbons (Fsp3) is 0.700. The van der Waals surface area contributed by atoms with Gasteiger partial charge in [0.25, 0.3) is 0 Å². The van der Waals surface area contributed by atoms with Crippen molar-refractivity contribution < 1.29 is 8.42 Å². The van der Waals surface area contributed by atoms with Crippen molar-refractivity contribution in [2.24, 2.45) is 12.8 Å². The molecule has 1 saturated carbocycles. The van der Waals surface area contributed by atoms with Crippen LogP contribution in [0.15, 0.2) is 17.3 Å². The van der Waals surface area contributed by atoms with Gasteiger partial charge in [-0.1, -0.05) is 6.42 Å². The number of sulfone groups is 1. The second-order valence-corrected chi connectivity index (χ2v) is 6.67. The van der Waals surface area contributed by atoms with E-state index in [1.54, 1.807) is 13.2 Å². The van der Waals surface area contributed by atoms with E-state index in [4.69, 9.17) is 5.73 Å². The van der Waals surface area contributed by atoms with E-state index >= 15 is 0 Å². The molecule has 16 heavy (non-hydrogen) atoms. The molecule has 0 bridgehead atoms. The van der Waals surface area contributed by atoms with Gasteiger partial charge in [0.1, 0.15) is 4.90 Å². The minimum Gasteiger partial charge on any atom is -0.328 e. The van der Waals surface area contributed by atoms with Crippen LogP contribution in [0, 0.1) is 0 Å². The van der Waals surface area contributed by atoms with Gasteiger partial charge in [-0.05, 0) is 19.3 Å². The first kappa shape index (κ1) is 11.6. The van der Waals surface area contributed by atoms with Crippen LogP contribution in [-0.4, -0.2) is 29.5 Å². The molecule has 0 aliphatic heterocycles. The average Bonchev–Trinajstić information content (AvgIpc) is 2.65. The van der Waals surface area contributed by atoms with Gasteiger partial charge in [0, 0.05) is 19.3 Å². The summed E-state index contributed by atoms with van der Waals surface area (Å²) in [5, 5.41) is 3.57. The first-order valence-corrected chi connectivity index (χ1v) is 7.03. The molecule has 1 aromatic heterocycles. The lowest BCUT2D eigenvalue weighted by atomic mass is 9.96. The summed E-state index contributed by atoms with van der Waals surface area (Å²) in [5.41, 5.74) is 5.82. The molecule has 5 nitrogen and oxygen atoms in total. The molecule has 90 valence electrons. The van der Waals surface area contributed by atoms with Crippen LogP contribution in [0.4, 0.5) is 0 Å². The monoisotopic (exact) mass is 243 g/mol. The number of nitrogens with two attached hydrogens (primary N) is 1. The molecule has 2 atom stereocenters. The number of rotatable bonds is 2. The zero-order valence-corrected chi connectivity index (χ0v) is 10.2. The smallest absolute Gasteiger partial charge is 0.184 e. The molecular formula is C10H17N3O2S. The third kappa shape index (κ3) is 2.12. The Bertz CT molecular complexity index is 466. The number of hydrogen-bond acceptors (Lipinski definition) is 4. The molecule has 6 heteroatoms. The number of aromatic nitrogens is 2. The highest BCUT2D eigenvalue weighted by Gasteiger charge is 2.32. The summed E-state index contributed by atoms with van der Waals surface area (Å²) in [6.07, 6.45) is 6.07. The van der Waals surface area contributed by atoms with E-state index in [0.717, 1.165) is 12.8 Å². The lowest BCUT2D eigenvalue weighted by Crippen LogP contribution is -2.35. The van der Waals surface area contributed by atoms with Crippen LogP contribution in [0.5, 0.6) is 0 Å². The Morgan fingerprint density at radius 1 is 1.50 bits per heavy atom. The molecule has 0 aromatic carbocycles. The van der Waals surface area contributed by atoms with Gasteiger partial charge in [0.05, 0.1) is 11.4 Å². The van der Waals surface area contributed by atoms with E-state index in [9.17, 15) is 8.42 Å². The summed E-state index contributed by atoms with van der Waals surface area (Å²) < 4.78 is 26.0. The van der Waals surface area contributed by atoms with Gasteiger partial charge in [0.15, 0.2) is 9.84 Å². The highest BCUT2D eigenvalue weighted by atomic mass is 32.2. The van der Waals surface area contributed by atoms with Crippen molar-refractivity contribution in [3.8, 4) is 0 Å². The van der Waals surface area contributed by atoms with Crippen molar-refractivity contribution in [3.63, 3.8) is 0 Å². The summed E-state index contributed by atoms with van der Waals surface area (Å²) in [7, 11) is -1.52. The van der Waals surface area contributed by atoms with Crippen LogP contribution < -0.4 is 5.73 Å². The van der Waals surface area contributed by atoms with E-state index in [1.165, 1.54) is 10.9 Å². The Morgan fingerprint density at radius 3 is 2.81 bits per heavy atom. The third-order valence-corrected chi connectivity index (χ3v) is 5.29. The SMILES string of the molecule is Cn1cc(S(=O)(=O)C2CCCC(N)C2)cn1. The summed E-state index contributed by atoms with van der Waals surface area (Å²) >= 11 is 0. The molecule has 1 aliphatic carbocycles. The van der Waals surface area contributed by atoms with Gasteiger partial charge in [-0.25, -0.2) is 8.42 Å². The maximum absolute atomic E-state index is 12.2. The van der Waals surface area contributed by atoms with Gasteiger partial charge in [0.2, 0.25) is 0 Å². The van der Waals surface area contributed by atoms with Crippen LogP contribution >= 0.6 is 0 Å². The Kier molecular flexibility index (Phi) is 3.03. The van der Waals surface area contributed by atoms with Crippen molar-refractivity contribution in [1.82, 2.24) is 9.78 Å². The quantitative estimate of drug-likeness (QED) is 0.818. The number of aryl methyl sites for hydroxylation is 1. The standard InChI is InChI=1S/C10H17N3O2S/c1-13-7-10(6-12-13)16(14,15)9-4-2-3-8(11)5-9/h6-9H,2-5,11H2,1H3. The van der Waals surface area contributed by atoms with E-state index in [0.29, 0.717) is 17.7 Å². The predicted molar refractivity (Wildman–Crippen MR) is 60.6 cm³/mol. The molecule has 0 amide bonds. The van der Waals surface area contributed by atoms with Crippen molar-refractivity contribution in [3.05, 3.63) is 12.4 Å². The highest BCUT2D eigenvalue weighted by Crippen LogP contribution is 2.27. The second kappa shape index (κ2) is 4.18. The van der Waals surface area contributed by atoms with Crippen molar-refractivity contribution in [2.75, 3.05) is 0 Å². The minimum atomic E-state index is -3.24. The maximum atomic E-state index is 12.2. The van der Waals surface area contributed by atoms with Crippen LogP contribution in [0.1, 0.15) is 25.7 Å². The Morgan fingerprint density at radius 2 is 2.25 bits per heavy atom. The van der Waals surface area contributed by atoms with Crippen LogP contribution in [0.2, 0.25) is 0 Å². The molecule has 0 saturated heterocycles. The topological polar surface area (TPSA) is 78.0 Å². The van der Waals surface area contributed by atoms with E-state index in [1.807, 2.05) is 0 Å². The van der Waals surface area contributed by atoms with E-state index in [2.05, 4.69) is 5.10 Å². The molecule has 1 heterocycles. The molecule has 1 aliphatic rings. The molecule has 1 fully saturated rings. The van der Waals surface area contributed by atoms with Crippen molar-refractivity contribution in [2.45, 2.75) is 41.9 Å². The van der Waals surface area contributed by atoms with Gasteiger partial charge in [-0.15, -0.1) is 0 Å². The molecule has 2 unspecified atom stereocenters. The fourth-order valence-electron chi connectivity index (χ4n) is 2.20. The first-order chi connectivity index (χ1) is 7.50. The third-order valence-electron chi connectivity index (χ3n) is 3.12. The van der Waals surface area contributed by atoms with Crippen LogP contribution in [-0.2, 0) is 16.9 Å². The highest BCUT2D eigenvalue weighted by molar-refractivity contribution is 7.92. The zero-order chi connectivity index (χ0) is 11.8. The van der Waals surface area contributed by atoms with Crippen LogP contribution in [0.3, 0.4) is 0 Å². The first-order valence-electron chi connectivity index (χ1n) is 5.48. The summed E-state index contributed by atoms with van der Waals surface area (Å²) in [6.45, 7) is 0. The average molecular weight is 243 g/mol. The summed E-state index contributed by atoms with van der Waals surface area (Å²) in [4.78, 5) is 0.314. The lowest BCUT2D eigenvalue weighted by molar-refractivity contribution is 0.433. The maximum Gasteiger partial charge on any atom is 0.184 e. The summed E-state index contributed by atoms with van der Waals surface area (Å²) in [6, 6.07) is 0.0187. The molecular weight excluding hydrogens is 226 g/mol. The lowest BCUT2D eigenvalue weighted by Gasteiger charge is -2.25. The number of hydrogen-bond donors (Lipinski definition) is 1. The summed E-state index contributed by atoms with van der Waals surface area (Å²) in [5.74, 6) is 0. The molecule has 2 rings (SSSR count). The van der Waals surface area contributed by atoms with Gasteiger partial charge in [-0.2, -0.15) is 5.10 Å². The number of nitrogens with zero attached hydrogens (tertiary/aromatic N) is 2. The Hall–Kier alpha value is -0.880. The second-order valence-electron chi connectivity index (χ2n) is 4.44. The fourth-order valence-corrected chi connectivity index (χ4v) is 4.06. The van der Waals surface area contributed by atoms with E-state index in [-0.39, 0.29) is 11.3 Å². The molecule has 0 spiro atoms. The Balaban J connectivity index is 2.25. The molecule has 0 radical (unpaired) electrons. The largest absolute Gasteiger partial charge is 0.328 e. The van der Waals surface area contributed by atoms with Gasteiger partial charge >= 0.3 is 0 Å². The van der Waals surface area contributed by atoms with Crippen LogP contribution in [0.25, 0.3) is 0 Å². The van der Waals surface area contributed by atoms with Crippen molar-refractivity contribution >= 4 is 9.84 Å². The Labute approximate surface area is 95.6 Å². The van der Waals surface area contributed by atoms with E-state index < -0.39 is 9.84 Å². The van der Waals surface area contributed by atoms with Gasteiger partial charge in [-0.3, -0.25) is 4.68 Å². The van der Waals surface area contributed by atoms with Gasteiger partial charge < -0.3 is 5.73 Å². The molecule has 2 N–H and O–H groups in total. The predicted octanol–water partition coefficient (Wildman–Crippen LogP) is 0.464.